The van der Waals surface area contributed by atoms with Crippen molar-refractivity contribution in [3.63, 3.8) is 0 Å². The molecule has 0 aliphatic heterocycles. The van der Waals surface area contributed by atoms with E-state index in [0.717, 1.165) is 28.0 Å². The Hall–Kier alpha value is -3.10. The standard InChI is InChI=1S/C22H27N3O5/c1-26-8-9-29-10-11-30-21-12-18-19(13-20(21)28-3)24-15-25-22(18)23-14-16-4-6-17(27-2)7-5-16/h4-7,12-13,15H,8-11,14H2,1-3H3,(H,23,24,25). The molecule has 3 aromatic rings. The number of hydrogen-bond acceptors (Lipinski definition) is 8. The Morgan fingerprint density at radius 3 is 2.37 bits per heavy atom. The molecular weight excluding hydrogens is 386 g/mol. The summed E-state index contributed by atoms with van der Waals surface area (Å²) in [5, 5.41) is 4.22. The molecule has 1 heterocycles. The van der Waals surface area contributed by atoms with E-state index in [1.165, 1.54) is 6.33 Å². The van der Waals surface area contributed by atoms with Crippen molar-refractivity contribution in [2.45, 2.75) is 6.54 Å². The molecule has 0 saturated carbocycles. The van der Waals surface area contributed by atoms with E-state index in [1.807, 2.05) is 36.4 Å². The molecule has 0 spiro atoms. The first-order valence-electron chi connectivity index (χ1n) is 9.64. The van der Waals surface area contributed by atoms with E-state index in [-0.39, 0.29) is 0 Å². The minimum absolute atomic E-state index is 0.397. The van der Waals surface area contributed by atoms with Crippen LogP contribution < -0.4 is 19.5 Å². The Labute approximate surface area is 176 Å². The van der Waals surface area contributed by atoms with E-state index in [1.54, 1.807) is 21.3 Å². The number of aromatic nitrogens is 2. The highest BCUT2D eigenvalue weighted by Crippen LogP contribution is 2.34. The summed E-state index contributed by atoms with van der Waals surface area (Å²) in [6.45, 7) is 2.56. The van der Waals surface area contributed by atoms with Gasteiger partial charge >= 0.3 is 0 Å². The molecule has 2 aromatic carbocycles. The summed E-state index contributed by atoms with van der Waals surface area (Å²) in [5.74, 6) is 2.77. The van der Waals surface area contributed by atoms with Gasteiger partial charge < -0.3 is 29.0 Å². The monoisotopic (exact) mass is 413 g/mol. The normalized spacial score (nSPS) is 10.8. The Morgan fingerprint density at radius 2 is 1.63 bits per heavy atom. The third-order valence-electron chi connectivity index (χ3n) is 4.46. The second-order valence-corrected chi connectivity index (χ2v) is 6.40. The second kappa shape index (κ2) is 11.2. The zero-order valence-electron chi connectivity index (χ0n) is 17.5. The van der Waals surface area contributed by atoms with Crippen LogP contribution in [0.5, 0.6) is 17.2 Å². The van der Waals surface area contributed by atoms with E-state index < -0.39 is 0 Å². The van der Waals surface area contributed by atoms with Crippen molar-refractivity contribution in [1.82, 2.24) is 9.97 Å². The molecule has 0 atom stereocenters. The molecule has 160 valence electrons. The fourth-order valence-electron chi connectivity index (χ4n) is 2.86. The van der Waals surface area contributed by atoms with E-state index in [9.17, 15) is 0 Å². The lowest BCUT2D eigenvalue weighted by Gasteiger charge is -2.14. The third kappa shape index (κ3) is 5.71. The van der Waals surface area contributed by atoms with Crippen LogP contribution in [-0.4, -0.2) is 57.7 Å². The molecule has 0 fully saturated rings. The van der Waals surface area contributed by atoms with Crippen LogP contribution in [-0.2, 0) is 16.0 Å². The van der Waals surface area contributed by atoms with Crippen molar-refractivity contribution < 1.29 is 23.7 Å². The zero-order valence-corrected chi connectivity index (χ0v) is 17.5. The van der Waals surface area contributed by atoms with Crippen molar-refractivity contribution in [1.29, 1.82) is 0 Å². The summed E-state index contributed by atoms with van der Waals surface area (Å²) in [5.41, 5.74) is 1.88. The lowest BCUT2D eigenvalue weighted by Crippen LogP contribution is -2.10. The van der Waals surface area contributed by atoms with Gasteiger partial charge in [0, 0.05) is 25.1 Å². The van der Waals surface area contributed by atoms with Crippen LogP contribution in [0.1, 0.15) is 5.56 Å². The molecule has 3 rings (SSSR count). The number of anilines is 1. The lowest BCUT2D eigenvalue weighted by atomic mass is 10.2. The van der Waals surface area contributed by atoms with Crippen LogP contribution in [0.4, 0.5) is 5.82 Å². The summed E-state index contributed by atoms with van der Waals surface area (Å²) in [6.07, 6.45) is 1.53. The van der Waals surface area contributed by atoms with Gasteiger partial charge in [0.05, 0.1) is 39.6 Å². The minimum atomic E-state index is 0.397. The van der Waals surface area contributed by atoms with Gasteiger partial charge in [-0.25, -0.2) is 9.97 Å². The molecule has 0 saturated heterocycles. The van der Waals surface area contributed by atoms with E-state index >= 15 is 0 Å². The molecule has 0 radical (unpaired) electrons. The lowest BCUT2D eigenvalue weighted by molar-refractivity contribution is 0.0540. The van der Waals surface area contributed by atoms with Gasteiger partial charge in [-0.2, -0.15) is 0 Å². The first kappa shape index (κ1) is 21.6. The molecule has 0 unspecified atom stereocenters. The fourth-order valence-corrected chi connectivity index (χ4v) is 2.86. The third-order valence-corrected chi connectivity index (χ3v) is 4.46. The Balaban J connectivity index is 1.72. The van der Waals surface area contributed by atoms with Crippen molar-refractivity contribution in [3.8, 4) is 17.2 Å². The number of ether oxygens (including phenoxy) is 5. The van der Waals surface area contributed by atoms with Gasteiger partial charge in [0.1, 0.15) is 24.5 Å². The number of nitrogens with zero attached hydrogens (tertiary/aromatic N) is 2. The predicted octanol–water partition coefficient (Wildman–Crippen LogP) is 3.30. The maximum Gasteiger partial charge on any atom is 0.162 e. The van der Waals surface area contributed by atoms with Crippen LogP contribution in [0.2, 0.25) is 0 Å². The first-order valence-corrected chi connectivity index (χ1v) is 9.64. The second-order valence-electron chi connectivity index (χ2n) is 6.40. The van der Waals surface area contributed by atoms with Crippen molar-refractivity contribution >= 4 is 16.7 Å². The summed E-state index contributed by atoms with van der Waals surface area (Å²) >= 11 is 0. The molecule has 0 aliphatic rings. The molecule has 0 bridgehead atoms. The van der Waals surface area contributed by atoms with E-state index in [4.69, 9.17) is 23.7 Å². The molecular formula is C22H27N3O5. The van der Waals surface area contributed by atoms with Crippen molar-refractivity contribution in [2.75, 3.05) is 53.1 Å². The highest BCUT2D eigenvalue weighted by molar-refractivity contribution is 5.91. The summed E-state index contributed by atoms with van der Waals surface area (Å²) in [6, 6.07) is 11.6. The maximum absolute atomic E-state index is 5.87. The molecule has 0 aliphatic carbocycles. The molecule has 8 nitrogen and oxygen atoms in total. The SMILES string of the molecule is COCCOCCOc1cc2c(NCc3ccc(OC)cc3)ncnc2cc1OC. The smallest absolute Gasteiger partial charge is 0.162 e. The maximum atomic E-state index is 5.87. The van der Waals surface area contributed by atoms with Gasteiger partial charge in [0.2, 0.25) is 0 Å². The average molecular weight is 413 g/mol. The van der Waals surface area contributed by atoms with Gasteiger partial charge in [-0.3, -0.25) is 0 Å². The van der Waals surface area contributed by atoms with Crippen molar-refractivity contribution in [3.05, 3.63) is 48.3 Å². The van der Waals surface area contributed by atoms with E-state index in [2.05, 4.69) is 15.3 Å². The van der Waals surface area contributed by atoms with Crippen LogP contribution >= 0.6 is 0 Å². The molecule has 8 heteroatoms. The van der Waals surface area contributed by atoms with E-state index in [0.29, 0.717) is 44.5 Å². The molecule has 30 heavy (non-hydrogen) atoms. The topological polar surface area (TPSA) is 84.0 Å². The molecule has 1 aromatic heterocycles. The number of hydrogen-bond donors (Lipinski definition) is 1. The number of rotatable bonds is 12. The predicted molar refractivity (Wildman–Crippen MR) is 115 cm³/mol. The molecule has 1 N–H and O–H groups in total. The van der Waals surface area contributed by atoms with Gasteiger partial charge in [0.25, 0.3) is 0 Å². The van der Waals surface area contributed by atoms with Crippen LogP contribution in [0.25, 0.3) is 10.9 Å². The highest BCUT2D eigenvalue weighted by Gasteiger charge is 2.12. The number of nitrogens with one attached hydrogen (secondary N) is 1. The summed E-state index contributed by atoms with van der Waals surface area (Å²) < 4.78 is 26.9. The quantitative estimate of drug-likeness (QED) is 0.453. The van der Waals surface area contributed by atoms with Gasteiger partial charge in [0.15, 0.2) is 11.5 Å². The largest absolute Gasteiger partial charge is 0.497 e. The first-order chi connectivity index (χ1) is 14.7. The fraction of sp³-hybridized carbons (Fsp3) is 0.364. The Morgan fingerprint density at radius 1 is 0.833 bits per heavy atom. The van der Waals surface area contributed by atoms with Crippen molar-refractivity contribution in [2.24, 2.45) is 0 Å². The number of fused-ring (bicyclic) bond motifs is 1. The van der Waals surface area contributed by atoms with Gasteiger partial charge in [-0.05, 0) is 23.8 Å². The van der Waals surface area contributed by atoms with Crippen LogP contribution in [0.15, 0.2) is 42.7 Å². The highest BCUT2D eigenvalue weighted by atomic mass is 16.5. The molecule has 0 amide bonds. The minimum Gasteiger partial charge on any atom is -0.497 e. The van der Waals surface area contributed by atoms with Crippen LogP contribution in [0, 0.1) is 0 Å². The number of methoxy groups -OCH3 is 3. The van der Waals surface area contributed by atoms with Crippen LogP contribution in [0.3, 0.4) is 0 Å². The summed E-state index contributed by atoms with van der Waals surface area (Å²) in [4.78, 5) is 8.76. The van der Waals surface area contributed by atoms with Gasteiger partial charge in [-0.1, -0.05) is 12.1 Å². The zero-order chi connectivity index (χ0) is 21.2. The van der Waals surface area contributed by atoms with Gasteiger partial charge in [-0.15, -0.1) is 0 Å². The average Bonchev–Trinajstić information content (AvgIpc) is 2.79. The number of benzene rings is 2. The Kier molecular flexibility index (Phi) is 8.05. The Bertz CT molecular complexity index is 934. The summed E-state index contributed by atoms with van der Waals surface area (Å²) in [7, 11) is 4.90.